The second-order valence-electron chi connectivity index (χ2n) is 6.76. The van der Waals surface area contributed by atoms with Crippen molar-refractivity contribution in [2.24, 2.45) is 11.8 Å². The molecule has 2 atom stereocenters. The second kappa shape index (κ2) is 15.4. The van der Waals surface area contributed by atoms with E-state index in [1.807, 2.05) is 0 Å². The summed E-state index contributed by atoms with van der Waals surface area (Å²) in [5.41, 5.74) is 0. The van der Waals surface area contributed by atoms with Gasteiger partial charge in [0.05, 0.1) is 12.5 Å². The normalized spacial score (nSPS) is 13.8. The molecule has 0 spiro atoms. The van der Waals surface area contributed by atoms with Crippen LogP contribution in [0.15, 0.2) is 0 Å². The number of hydrogen-bond acceptors (Lipinski definition) is 2. The molecule has 2 nitrogen and oxygen atoms in total. The molecule has 0 amide bonds. The summed E-state index contributed by atoms with van der Waals surface area (Å²) >= 11 is 0. The third kappa shape index (κ3) is 11.1. The van der Waals surface area contributed by atoms with Gasteiger partial charge in [0.25, 0.3) is 0 Å². The highest BCUT2D eigenvalue weighted by molar-refractivity contribution is 5.72. The zero-order chi connectivity index (χ0) is 16.6. The Bertz CT molecular complexity index is 250. The van der Waals surface area contributed by atoms with Gasteiger partial charge in [-0.25, -0.2) is 0 Å². The van der Waals surface area contributed by atoms with Gasteiger partial charge in [0.1, 0.15) is 0 Å². The minimum absolute atomic E-state index is 0.0644. The second-order valence-corrected chi connectivity index (χ2v) is 6.76. The smallest absolute Gasteiger partial charge is 0.308 e. The molecule has 0 rings (SSSR count). The zero-order valence-electron chi connectivity index (χ0n) is 15.7. The summed E-state index contributed by atoms with van der Waals surface area (Å²) in [6.07, 6.45) is 14.1. The number of rotatable bonds is 15. The first kappa shape index (κ1) is 21.5. The first-order valence-electron chi connectivity index (χ1n) is 9.86. The predicted octanol–water partition coefficient (Wildman–Crippen LogP) is 6.52. The lowest BCUT2D eigenvalue weighted by Crippen LogP contribution is -2.21. The molecule has 0 bridgehead atoms. The number of hydrogen-bond donors (Lipinski definition) is 0. The van der Waals surface area contributed by atoms with Gasteiger partial charge < -0.3 is 4.74 Å². The Hall–Kier alpha value is -0.530. The van der Waals surface area contributed by atoms with E-state index in [9.17, 15) is 4.79 Å². The van der Waals surface area contributed by atoms with E-state index >= 15 is 0 Å². The van der Waals surface area contributed by atoms with Crippen LogP contribution >= 0.6 is 0 Å². The van der Waals surface area contributed by atoms with Gasteiger partial charge in [-0.1, -0.05) is 79.1 Å². The monoisotopic (exact) mass is 312 g/mol. The standard InChI is InChI=1S/C20H40O2/c1-5-9-11-15-18(13-7-3)17-22-20(21)19(14-8-4)16-12-10-6-2/h18-19H,5-17H2,1-4H3. The molecule has 0 aliphatic heterocycles. The third-order valence-electron chi connectivity index (χ3n) is 4.50. The molecule has 0 saturated carbocycles. The van der Waals surface area contributed by atoms with Crippen LogP contribution in [-0.4, -0.2) is 12.6 Å². The van der Waals surface area contributed by atoms with Gasteiger partial charge in [-0.15, -0.1) is 0 Å². The van der Waals surface area contributed by atoms with E-state index < -0.39 is 0 Å². The van der Waals surface area contributed by atoms with Crippen LogP contribution < -0.4 is 0 Å². The van der Waals surface area contributed by atoms with E-state index in [-0.39, 0.29) is 11.9 Å². The summed E-state index contributed by atoms with van der Waals surface area (Å²) in [6, 6.07) is 0. The van der Waals surface area contributed by atoms with Gasteiger partial charge in [-0.05, 0) is 31.6 Å². The van der Waals surface area contributed by atoms with Crippen molar-refractivity contribution >= 4 is 5.97 Å². The van der Waals surface area contributed by atoms with Crippen molar-refractivity contribution in [1.29, 1.82) is 0 Å². The minimum Gasteiger partial charge on any atom is -0.465 e. The maximum absolute atomic E-state index is 12.3. The van der Waals surface area contributed by atoms with Crippen LogP contribution in [-0.2, 0) is 9.53 Å². The fourth-order valence-corrected chi connectivity index (χ4v) is 3.09. The van der Waals surface area contributed by atoms with Crippen molar-refractivity contribution in [1.82, 2.24) is 0 Å². The molecule has 0 aliphatic carbocycles. The van der Waals surface area contributed by atoms with E-state index in [1.165, 1.54) is 51.4 Å². The first-order chi connectivity index (χ1) is 10.7. The molecule has 0 fully saturated rings. The lowest BCUT2D eigenvalue weighted by molar-refractivity contribution is -0.150. The lowest BCUT2D eigenvalue weighted by Gasteiger charge is -2.19. The van der Waals surface area contributed by atoms with Crippen LogP contribution in [0.1, 0.15) is 105 Å². The van der Waals surface area contributed by atoms with Crippen LogP contribution in [0.3, 0.4) is 0 Å². The molecule has 0 aromatic rings. The van der Waals surface area contributed by atoms with E-state index in [4.69, 9.17) is 4.74 Å². The number of esters is 1. The maximum Gasteiger partial charge on any atom is 0.308 e. The Balaban J connectivity index is 4.18. The Morgan fingerprint density at radius 1 is 0.727 bits per heavy atom. The molecule has 2 unspecified atom stereocenters. The highest BCUT2D eigenvalue weighted by atomic mass is 16.5. The summed E-state index contributed by atoms with van der Waals surface area (Å²) in [7, 11) is 0. The van der Waals surface area contributed by atoms with Crippen LogP contribution in [0.4, 0.5) is 0 Å². The van der Waals surface area contributed by atoms with Gasteiger partial charge in [0, 0.05) is 0 Å². The Morgan fingerprint density at radius 2 is 1.32 bits per heavy atom. The van der Waals surface area contributed by atoms with Gasteiger partial charge >= 0.3 is 5.97 Å². The molecule has 0 heterocycles. The Labute approximate surface area is 139 Å². The average Bonchev–Trinajstić information content (AvgIpc) is 2.52. The van der Waals surface area contributed by atoms with E-state index in [2.05, 4.69) is 27.7 Å². The van der Waals surface area contributed by atoms with Crippen molar-refractivity contribution in [3.63, 3.8) is 0 Å². The number of carbonyl (C=O) groups excluding carboxylic acids is 1. The number of carbonyl (C=O) groups is 1. The molecule has 0 aromatic carbocycles. The summed E-state index contributed by atoms with van der Waals surface area (Å²) < 4.78 is 5.69. The Kier molecular flexibility index (Phi) is 15.0. The molecule has 0 radical (unpaired) electrons. The first-order valence-corrected chi connectivity index (χ1v) is 9.86. The number of unbranched alkanes of at least 4 members (excludes halogenated alkanes) is 4. The fraction of sp³-hybridized carbons (Fsp3) is 0.950. The molecule has 0 N–H and O–H groups in total. The van der Waals surface area contributed by atoms with Crippen molar-refractivity contribution in [3.8, 4) is 0 Å². The van der Waals surface area contributed by atoms with E-state index in [1.54, 1.807) is 0 Å². The number of ether oxygens (including phenoxy) is 1. The highest BCUT2D eigenvalue weighted by Gasteiger charge is 2.20. The van der Waals surface area contributed by atoms with Gasteiger partial charge in [-0.3, -0.25) is 4.79 Å². The quantitative estimate of drug-likeness (QED) is 0.254. The van der Waals surface area contributed by atoms with Gasteiger partial charge in [0.15, 0.2) is 0 Å². The highest BCUT2D eigenvalue weighted by Crippen LogP contribution is 2.20. The predicted molar refractivity (Wildman–Crippen MR) is 96.0 cm³/mol. The van der Waals surface area contributed by atoms with Crippen LogP contribution in [0.2, 0.25) is 0 Å². The molecule has 0 aromatic heterocycles. The van der Waals surface area contributed by atoms with Gasteiger partial charge in [-0.2, -0.15) is 0 Å². The molecule has 132 valence electrons. The van der Waals surface area contributed by atoms with E-state index in [0.29, 0.717) is 12.5 Å². The van der Waals surface area contributed by atoms with Crippen molar-refractivity contribution in [2.45, 2.75) is 105 Å². The van der Waals surface area contributed by atoms with Crippen LogP contribution in [0.25, 0.3) is 0 Å². The molecule has 0 aliphatic rings. The topological polar surface area (TPSA) is 26.3 Å². The lowest BCUT2D eigenvalue weighted by atomic mass is 9.95. The molecular weight excluding hydrogens is 272 g/mol. The van der Waals surface area contributed by atoms with Crippen molar-refractivity contribution in [2.75, 3.05) is 6.61 Å². The summed E-state index contributed by atoms with van der Waals surface area (Å²) in [4.78, 5) is 12.3. The summed E-state index contributed by atoms with van der Waals surface area (Å²) in [5.74, 6) is 0.766. The largest absolute Gasteiger partial charge is 0.465 e. The summed E-state index contributed by atoms with van der Waals surface area (Å²) in [6.45, 7) is 9.47. The molecule has 2 heteroatoms. The maximum atomic E-state index is 12.3. The SMILES string of the molecule is CCCCCC(CCC)COC(=O)C(CCC)CCCCC. The van der Waals surface area contributed by atoms with Crippen molar-refractivity contribution in [3.05, 3.63) is 0 Å². The van der Waals surface area contributed by atoms with Gasteiger partial charge in [0.2, 0.25) is 0 Å². The summed E-state index contributed by atoms with van der Waals surface area (Å²) in [5, 5.41) is 0. The average molecular weight is 313 g/mol. The fourth-order valence-electron chi connectivity index (χ4n) is 3.09. The third-order valence-corrected chi connectivity index (χ3v) is 4.50. The molecule has 0 saturated heterocycles. The van der Waals surface area contributed by atoms with Crippen molar-refractivity contribution < 1.29 is 9.53 Å². The molecular formula is C20H40O2. The van der Waals surface area contributed by atoms with Crippen LogP contribution in [0, 0.1) is 11.8 Å². The Morgan fingerprint density at radius 3 is 1.86 bits per heavy atom. The van der Waals surface area contributed by atoms with Crippen LogP contribution in [0.5, 0.6) is 0 Å². The zero-order valence-corrected chi connectivity index (χ0v) is 15.7. The minimum atomic E-state index is 0.0644. The molecule has 22 heavy (non-hydrogen) atoms. The van der Waals surface area contributed by atoms with E-state index in [0.717, 1.165) is 25.7 Å².